The van der Waals surface area contributed by atoms with E-state index >= 15 is 0 Å². The van der Waals surface area contributed by atoms with E-state index < -0.39 is 0 Å². The average molecular weight is 209 g/mol. The summed E-state index contributed by atoms with van der Waals surface area (Å²) in [5, 5.41) is 0. The van der Waals surface area contributed by atoms with Crippen LogP contribution >= 0.6 is 11.8 Å². The first-order valence-corrected chi connectivity index (χ1v) is 5.52. The summed E-state index contributed by atoms with van der Waals surface area (Å²) in [6.45, 7) is 1.90. The summed E-state index contributed by atoms with van der Waals surface area (Å²) in [6, 6.07) is 5.93. The number of hydrazine groups is 1. The van der Waals surface area contributed by atoms with Crippen molar-refractivity contribution in [1.82, 2.24) is 0 Å². The van der Waals surface area contributed by atoms with Gasteiger partial charge in [-0.05, 0) is 19.2 Å². The molecule has 3 nitrogen and oxygen atoms in total. The number of nitrogen functional groups attached to an aromatic ring is 1. The highest BCUT2D eigenvalue weighted by Gasteiger charge is 2.07. The second kappa shape index (κ2) is 4.93. The van der Waals surface area contributed by atoms with Crippen molar-refractivity contribution in [2.24, 2.45) is 11.6 Å². The number of para-hydroxylation sites is 1. The van der Waals surface area contributed by atoms with Gasteiger partial charge in [0.05, 0.1) is 5.69 Å². The third kappa shape index (κ3) is 2.02. The van der Waals surface area contributed by atoms with Gasteiger partial charge >= 0.3 is 0 Å². The largest absolute Gasteiger partial charge is 0.398 e. The molecule has 14 heavy (non-hydrogen) atoms. The van der Waals surface area contributed by atoms with Gasteiger partial charge in [-0.15, -0.1) is 11.8 Å². The van der Waals surface area contributed by atoms with Crippen LogP contribution < -0.4 is 17.0 Å². The van der Waals surface area contributed by atoms with Crippen molar-refractivity contribution in [2.45, 2.75) is 11.8 Å². The van der Waals surface area contributed by atoms with Crippen molar-refractivity contribution in [3.8, 4) is 0 Å². The summed E-state index contributed by atoms with van der Waals surface area (Å²) in [4.78, 5) is 1.09. The van der Waals surface area contributed by atoms with Crippen LogP contribution in [0.15, 0.2) is 29.2 Å². The van der Waals surface area contributed by atoms with Gasteiger partial charge < -0.3 is 11.2 Å². The van der Waals surface area contributed by atoms with Gasteiger partial charge in [0.15, 0.2) is 0 Å². The molecule has 0 aliphatic heterocycles. The Morgan fingerprint density at radius 2 is 2.21 bits per heavy atom. The number of nitrogens with one attached hydrogen (secondary N) is 1. The van der Waals surface area contributed by atoms with E-state index in [-0.39, 0.29) is 0 Å². The number of anilines is 1. The highest BCUT2D eigenvalue weighted by Crippen LogP contribution is 2.30. The van der Waals surface area contributed by atoms with E-state index in [0.717, 1.165) is 21.8 Å². The smallest absolute Gasteiger partial charge is 0.0714 e. The van der Waals surface area contributed by atoms with Gasteiger partial charge in [0.25, 0.3) is 0 Å². The molecule has 0 heterocycles. The van der Waals surface area contributed by atoms with Crippen molar-refractivity contribution in [3.05, 3.63) is 29.8 Å². The van der Waals surface area contributed by atoms with E-state index in [1.807, 2.05) is 37.5 Å². The lowest BCUT2D eigenvalue weighted by atomic mass is 10.1. The molecule has 0 saturated carbocycles. The molecule has 1 rings (SSSR count). The van der Waals surface area contributed by atoms with Crippen molar-refractivity contribution in [3.63, 3.8) is 0 Å². The molecule has 0 aromatic heterocycles. The average Bonchev–Trinajstić information content (AvgIpc) is 2.26. The third-order valence-corrected chi connectivity index (χ3v) is 2.79. The SMILES string of the molecule is C/C=C(/N)c1cccc(SC)c1NN. The van der Waals surface area contributed by atoms with Crippen LogP contribution in [0.1, 0.15) is 12.5 Å². The molecule has 5 N–H and O–H groups in total. The summed E-state index contributed by atoms with van der Waals surface area (Å²) in [5.41, 5.74) is 11.1. The van der Waals surface area contributed by atoms with E-state index in [0.29, 0.717) is 0 Å². The van der Waals surface area contributed by atoms with Gasteiger partial charge in [-0.25, -0.2) is 0 Å². The fourth-order valence-corrected chi connectivity index (χ4v) is 1.83. The molecule has 0 aliphatic carbocycles. The predicted molar refractivity (Wildman–Crippen MR) is 63.9 cm³/mol. The molecule has 0 radical (unpaired) electrons. The zero-order valence-electron chi connectivity index (χ0n) is 8.37. The number of hydrogen-bond donors (Lipinski definition) is 3. The Bertz CT molecular complexity index is 347. The first-order chi connectivity index (χ1) is 6.74. The zero-order chi connectivity index (χ0) is 10.6. The number of rotatable bonds is 3. The van der Waals surface area contributed by atoms with E-state index in [9.17, 15) is 0 Å². The molecule has 0 aliphatic rings. The van der Waals surface area contributed by atoms with Crippen LogP contribution in [0.5, 0.6) is 0 Å². The second-order valence-corrected chi connectivity index (χ2v) is 3.62. The molecular formula is C10H15N3S. The molecule has 0 bridgehead atoms. The second-order valence-electron chi connectivity index (χ2n) is 2.77. The van der Waals surface area contributed by atoms with Crippen LogP contribution in [0.2, 0.25) is 0 Å². The minimum atomic E-state index is 0.730. The molecule has 0 amide bonds. The van der Waals surface area contributed by atoms with Gasteiger partial charge in [0, 0.05) is 16.2 Å². The molecular weight excluding hydrogens is 194 g/mol. The van der Waals surface area contributed by atoms with Crippen molar-refractivity contribution in [1.29, 1.82) is 0 Å². The van der Waals surface area contributed by atoms with E-state index in [1.54, 1.807) is 11.8 Å². The van der Waals surface area contributed by atoms with Crippen LogP contribution in [-0.4, -0.2) is 6.26 Å². The molecule has 0 atom stereocenters. The number of thioether (sulfide) groups is 1. The number of hydrogen-bond acceptors (Lipinski definition) is 4. The van der Waals surface area contributed by atoms with Crippen LogP contribution in [0.25, 0.3) is 5.70 Å². The first-order valence-electron chi connectivity index (χ1n) is 4.30. The Morgan fingerprint density at radius 1 is 1.50 bits per heavy atom. The predicted octanol–water partition coefficient (Wildman–Crippen LogP) is 2.01. The minimum Gasteiger partial charge on any atom is -0.398 e. The monoisotopic (exact) mass is 209 g/mol. The highest BCUT2D eigenvalue weighted by atomic mass is 32.2. The lowest BCUT2D eigenvalue weighted by Gasteiger charge is -2.12. The maximum Gasteiger partial charge on any atom is 0.0714 e. The molecule has 1 aromatic carbocycles. The van der Waals surface area contributed by atoms with E-state index in [4.69, 9.17) is 11.6 Å². The number of nitrogens with two attached hydrogens (primary N) is 2. The maximum absolute atomic E-state index is 5.85. The Balaban J connectivity index is 3.29. The van der Waals surface area contributed by atoms with Gasteiger partial charge in [-0.1, -0.05) is 18.2 Å². The van der Waals surface area contributed by atoms with Crippen molar-refractivity contribution in [2.75, 3.05) is 11.7 Å². The van der Waals surface area contributed by atoms with E-state index in [1.165, 1.54) is 0 Å². The fourth-order valence-electron chi connectivity index (χ4n) is 1.25. The number of allylic oxidation sites excluding steroid dienone is 1. The van der Waals surface area contributed by atoms with Gasteiger partial charge in [-0.3, -0.25) is 5.84 Å². The van der Waals surface area contributed by atoms with Gasteiger partial charge in [0.2, 0.25) is 0 Å². The summed E-state index contributed by atoms with van der Waals surface area (Å²) in [5.74, 6) is 5.47. The van der Waals surface area contributed by atoms with Crippen LogP contribution in [0.3, 0.4) is 0 Å². The van der Waals surface area contributed by atoms with Crippen LogP contribution in [0, 0.1) is 0 Å². The summed E-state index contributed by atoms with van der Waals surface area (Å²) in [6.07, 6.45) is 3.87. The Labute approximate surface area is 88.5 Å². The lowest BCUT2D eigenvalue weighted by Crippen LogP contribution is -2.11. The molecule has 1 aromatic rings. The topological polar surface area (TPSA) is 64.1 Å². The first kappa shape index (κ1) is 10.9. The Morgan fingerprint density at radius 3 is 2.71 bits per heavy atom. The summed E-state index contributed by atoms with van der Waals surface area (Å²) in [7, 11) is 0. The van der Waals surface area contributed by atoms with E-state index in [2.05, 4.69) is 5.43 Å². The molecule has 4 heteroatoms. The minimum absolute atomic E-state index is 0.730. The normalized spacial score (nSPS) is 11.5. The molecule has 0 unspecified atom stereocenters. The zero-order valence-corrected chi connectivity index (χ0v) is 9.19. The van der Waals surface area contributed by atoms with Crippen LogP contribution in [-0.2, 0) is 0 Å². The number of benzene rings is 1. The summed E-state index contributed by atoms with van der Waals surface area (Å²) < 4.78 is 0. The molecule has 76 valence electrons. The molecule has 0 spiro atoms. The van der Waals surface area contributed by atoms with Crippen molar-refractivity contribution >= 4 is 23.1 Å². The Hall–Kier alpha value is -1.13. The van der Waals surface area contributed by atoms with Crippen LogP contribution in [0.4, 0.5) is 5.69 Å². The van der Waals surface area contributed by atoms with Gasteiger partial charge in [0.1, 0.15) is 0 Å². The summed E-state index contributed by atoms with van der Waals surface area (Å²) >= 11 is 1.64. The fraction of sp³-hybridized carbons (Fsp3) is 0.200. The highest BCUT2D eigenvalue weighted by molar-refractivity contribution is 7.98. The Kier molecular flexibility index (Phi) is 3.85. The lowest BCUT2D eigenvalue weighted by molar-refractivity contribution is 1.27. The third-order valence-electron chi connectivity index (χ3n) is 2.01. The van der Waals surface area contributed by atoms with Crippen molar-refractivity contribution < 1.29 is 0 Å². The van der Waals surface area contributed by atoms with Gasteiger partial charge in [-0.2, -0.15) is 0 Å². The quantitative estimate of drug-likeness (QED) is 0.405. The maximum atomic E-state index is 5.85. The standard InChI is InChI=1S/C10H15N3S/c1-3-8(11)7-5-4-6-9(14-2)10(7)13-12/h3-6,13H,11-12H2,1-2H3/b8-3+. The molecule has 0 saturated heterocycles. The molecule has 0 fully saturated rings.